The van der Waals surface area contributed by atoms with Crippen LogP contribution in [0.2, 0.25) is 10.0 Å². The number of ether oxygens (including phenoxy) is 2. The Balaban J connectivity index is 2.13. The second kappa shape index (κ2) is 15.3. The lowest BCUT2D eigenvalue weighted by atomic mass is 10.1. The van der Waals surface area contributed by atoms with Crippen LogP contribution in [0.25, 0.3) is 0 Å². The number of nitrogens with zero attached hydrogens (tertiary/aromatic N) is 2. The van der Waals surface area contributed by atoms with Crippen molar-refractivity contribution in [2.45, 2.75) is 57.1 Å². The largest absolute Gasteiger partial charge is 0.493 e. The van der Waals surface area contributed by atoms with Gasteiger partial charge in [-0.1, -0.05) is 61.3 Å². The van der Waals surface area contributed by atoms with Crippen molar-refractivity contribution in [1.82, 2.24) is 10.2 Å². The summed E-state index contributed by atoms with van der Waals surface area (Å²) in [6.45, 7) is 4.95. The maximum atomic E-state index is 14.2. The number of methoxy groups -OCH3 is 2. The van der Waals surface area contributed by atoms with Crippen LogP contribution in [0, 0.1) is 0 Å². The first kappa shape index (κ1) is 34.0. The zero-order valence-corrected chi connectivity index (χ0v) is 27.2. The van der Waals surface area contributed by atoms with Crippen LogP contribution >= 0.6 is 23.2 Å². The van der Waals surface area contributed by atoms with Crippen molar-refractivity contribution in [2.24, 2.45) is 0 Å². The molecule has 0 bridgehead atoms. The summed E-state index contributed by atoms with van der Waals surface area (Å²) < 4.78 is 39.8. The van der Waals surface area contributed by atoms with E-state index in [9.17, 15) is 18.0 Å². The predicted molar refractivity (Wildman–Crippen MR) is 170 cm³/mol. The molecular weight excluding hydrogens is 613 g/mol. The van der Waals surface area contributed by atoms with Gasteiger partial charge in [-0.15, -0.1) is 0 Å². The zero-order valence-electron chi connectivity index (χ0n) is 24.8. The van der Waals surface area contributed by atoms with Crippen LogP contribution in [-0.4, -0.2) is 58.0 Å². The molecule has 3 aromatic rings. The Labute approximate surface area is 263 Å². The number of hydrogen-bond acceptors (Lipinski definition) is 6. The number of rotatable bonds is 14. The highest BCUT2D eigenvalue weighted by atomic mass is 35.5. The highest BCUT2D eigenvalue weighted by Gasteiger charge is 2.34. The van der Waals surface area contributed by atoms with Crippen LogP contribution in [0.15, 0.2) is 71.6 Å². The second-order valence-electron chi connectivity index (χ2n) is 9.86. The number of benzene rings is 3. The lowest BCUT2D eigenvalue weighted by Gasteiger charge is -2.34. The third-order valence-corrected chi connectivity index (χ3v) is 9.38. The maximum absolute atomic E-state index is 14.2. The van der Waals surface area contributed by atoms with Crippen molar-refractivity contribution < 1.29 is 27.5 Å². The first-order valence-electron chi connectivity index (χ1n) is 13.8. The molecule has 0 aliphatic carbocycles. The molecule has 0 spiro atoms. The van der Waals surface area contributed by atoms with Crippen LogP contribution < -0.4 is 19.1 Å². The molecule has 0 fully saturated rings. The fraction of sp³-hybridized carbons (Fsp3) is 0.355. The fourth-order valence-corrected chi connectivity index (χ4v) is 6.32. The molecule has 0 unspecified atom stereocenters. The Morgan fingerprint density at radius 3 is 2.16 bits per heavy atom. The molecule has 1 N–H and O–H groups in total. The number of hydrogen-bond donors (Lipinski definition) is 1. The molecule has 9 nitrogen and oxygen atoms in total. The Morgan fingerprint density at radius 2 is 1.58 bits per heavy atom. The van der Waals surface area contributed by atoms with Crippen LogP contribution in [0.3, 0.4) is 0 Å². The Hall–Kier alpha value is -3.47. The Bertz CT molecular complexity index is 1520. The highest BCUT2D eigenvalue weighted by Crippen LogP contribution is 2.34. The molecule has 0 saturated heterocycles. The smallest absolute Gasteiger partial charge is 0.264 e. The summed E-state index contributed by atoms with van der Waals surface area (Å²) in [4.78, 5) is 29.0. The van der Waals surface area contributed by atoms with E-state index in [1.54, 1.807) is 49.4 Å². The van der Waals surface area contributed by atoms with E-state index in [1.165, 1.54) is 43.4 Å². The molecule has 0 aliphatic rings. The van der Waals surface area contributed by atoms with Crippen molar-refractivity contribution in [1.29, 1.82) is 0 Å². The molecular formula is C31H37Cl2N3O6S. The van der Waals surface area contributed by atoms with Gasteiger partial charge in [-0.05, 0) is 61.7 Å². The summed E-state index contributed by atoms with van der Waals surface area (Å²) in [5.41, 5.74) is 0.731. The molecule has 0 heterocycles. The van der Waals surface area contributed by atoms with Gasteiger partial charge in [0.25, 0.3) is 10.0 Å². The standard InChI is InChI=1S/C31H37Cl2N3O6S/c1-6-21(3)34-31(38)27(7-2)35(19-22-13-14-23(32)17-26(22)33)30(37)20-36(43(39,40)25-11-9-8-10-12-25)24-15-16-28(41-4)29(18-24)42-5/h8-18,21,27H,6-7,19-20H2,1-5H3,(H,34,38)/t21-,27-/m1/s1. The average molecular weight is 651 g/mol. The number of sulfonamides is 1. The van der Waals surface area contributed by atoms with Gasteiger partial charge in [0.2, 0.25) is 11.8 Å². The van der Waals surface area contributed by atoms with Crippen molar-refractivity contribution in [3.05, 3.63) is 82.3 Å². The molecule has 0 radical (unpaired) electrons. The van der Waals surface area contributed by atoms with Gasteiger partial charge in [0.1, 0.15) is 12.6 Å². The van der Waals surface area contributed by atoms with E-state index in [0.717, 1.165) is 4.31 Å². The minimum absolute atomic E-state index is 0.00793. The number of carbonyl (C=O) groups excluding carboxylic acids is 2. The Kier molecular flexibility index (Phi) is 12.1. The van der Waals surface area contributed by atoms with E-state index >= 15 is 0 Å². The molecule has 2 amide bonds. The van der Waals surface area contributed by atoms with Gasteiger partial charge in [0, 0.05) is 28.7 Å². The van der Waals surface area contributed by atoms with Crippen LogP contribution in [0.5, 0.6) is 11.5 Å². The van der Waals surface area contributed by atoms with Crippen LogP contribution in [0.4, 0.5) is 5.69 Å². The number of halogens is 2. The normalized spacial score (nSPS) is 12.6. The van der Waals surface area contributed by atoms with Gasteiger partial charge >= 0.3 is 0 Å². The summed E-state index contributed by atoms with van der Waals surface area (Å²) in [5.74, 6) is -0.281. The summed E-state index contributed by atoms with van der Waals surface area (Å²) >= 11 is 12.6. The topological polar surface area (TPSA) is 105 Å². The molecule has 232 valence electrons. The van der Waals surface area contributed by atoms with Gasteiger partial charge in [0.15, 0.2) is 11.5 Å². The van der Waals surface area contributed by atoms with E-state index in [0.29, 0.717) is 27.8 Å². The number of anilines is 1. The molecule has 0 aromatic heterocycles. The number of amides is 2. The molecule has 2 atom stereocenters. The minimum Gasteiger partial charge on any atom is -0.493 e. The van der Waals surface area contributed by atoms with Crippen molar-refractivity contribution >= 4 is 50.7 Å². The van der Waals surface area contributed by atoms with Gasteiger partial charge in [-0.25, -0.2) is 8.42 Å². The minimum atomic E-state index is -4.24. The van der Waals surface area contributed by atoms with Gasteiger partial charge < -0.3 is 19.7 Å². The van der Waals surface area contributed by atoms with E-state index in [2.05, 4.69) is 5.32 Å². The third-order valence-electron chi connectivity index (χ3n) is 7.01. The molecule has 3 aromatic carbocycles. The molecule has 3 rings (SSSR count). The highest BCUT2D eigenvalue weighted by molar-refractivity contribution is 7.92. The lowest BCUT2D eigenvalue weighted by Crippen LogP contribution is -2.53. The van der Waals surface area contributed by atoms with Crippen molar-refractivity contribution in [3.8, 4) is 11.5 Å². The number of nitrogens with one attached hydrogen (secondary N) is 1. The average Bonchev–Trinajstić information content (AvgIpc) is 3.00. The quantitative estimate of drug-likeness (QED) is 0.232. The van der Waals surface area contributed by atoms with Crippen molar-refractivity contribution in [2.75, 3.05) is 25.1 Å². The second-order valence-corrected chi connectivity index (χ2v) is 12.6. The van der Waals surface area contributed by atoms with E-state index in [4.69, 9.17) is 32.7 Å². The first-order chi connectivity index (χ1) is 20.5. The van der Waals surface area contributed by atoms with Gasteiger partial charge in [-0.2, -0.15) is 0 Å². The summed E-state index contributed by atoms with van der Waals surface area (Å²) in [5, 5.41) is 3.68. The predicted octanol–water partition coefficient (Wildman–Crippen LogP) is 5.93. The molecule has 43 heavy (non-hydrogen) atoms. The van der Waals surface area contributed by atoms with Gasteiger partial charge in [-0.3, -0.25) is 13.9 Å². The van der Waals surface area contributed by atoms with E-state index in [1.807, 2.05) is 13.8 Å². The lowest BCUT2D eigenvalue weighted by molar-refractivity contribution is -0.140. The monoisotopic (exact) mass is 649 g/mol. The van der Waals surface area contributed by atoms with E-state index in [-0.39, 0.29) is 41.2 Å². The molecule has 0 saturated carbocycles. The maximum Gasteiger partial charge on any atom is 0.264 e. The van der Waals surface area contributed by atoms with E-state index < -0.39 is 28.5 Å². The fourth-order valence-electron chi connectivity index (χ4n) is 4.42. The molecule has 12 heteroatoms. The molecule has 0 aliphatic heterocycles. The van der Waals surface area contributed by atoms with Gasteiger partial charge in [0.05, 0.1) is 24.8 Å². The summed E-state index contributed by atoms with van der Waals surface area (Å²) in [7, 11) is -1.34. The summed E-state index contributed by atoms with van der Waals surface area (Å²) in [6.07, 6.45) is 0.975. The Morgan fingerprint density at radius 1 is 0.907 bits per heavy atom. The SMILES string of the molecule is CC[C@@H](C)NC(=O)[C@@H](CC)N(Cc1ccc(Cl)cc1Cl)C(=O)CN(c1ccc(OC)c(OC)c1)S(=O)(=O)c1ccccc1. The van der Waals surface area contributed by atoms with Crippen LogP contribution in [-0.2, 0) is 26.2 Å². The number of carbonyl (C=O) groups is 2. The summed E-state index contributed by atoms with van der Waals surface area (Å²) in [6, 6.07) is 16.2. The zero-order chi connectivity index (χ0) is 31.7. The first-order valence-corrected chi connectivity index (χ1v) is 16.0. The third kappa shape index (κ3) is 8.34. The van der Waals surface area contributed by atoms with Crippen LogP contribution in [0.1, 0.15) is 39.2 Å². The van der Waals surface area contributed by atoms with Crippen molar-refractivity contribution in [3.63, 3.8) is 0 Å².